The molecule has 35 heavy (non-hydrogen) atoms. The summed E-state index contributed by atoms with van der Waals surface area (Å²) < 4.78 is 0. The molecule has 0 spiro atoms. The number of amides is 2. The predicted octanol–water partition coefficient (Wildman–Crippen LogP) is 4.43. The number of rotatable bonds is 6. The van der Waals surface area contributed by atoms with Gasteiger partial charge in [0.2, 0.25) is 0 Å². The molecule has 3 aromatic heterocycles. The molecule has 0 aliphatic heterocycles. The summed E-state index contributed by atoms with van der Waals surface area (Å²) in [7, 11) is 0. The molecule has 3 heterocycles. The molecule has 0 aliphatic rings. The van der Waals surface area contributed by atoms with E-state index in [1.807, 2.05) is 24.3 Å². The van der Waals surface area contributed by atoms with Crippen molar-refractivity contribution in [2.24, 2.45) is 5.73 Å². The minimum atomic E-state index is -0.676. The van der Waals surface area contributed by atoms with E-state index in [0.29, 0.717) is 22.5 Å². The van der Waals surface area contributed by atoms with E-state index in [0.717, 1.165) is 33.2 Å². The summed E-state index contributed by atoms with van der Waals surface area (Å²) in [6.45, 7) is 0.277. The highest BCUT2D eigenvalue weighted by molar-refractivity contribution is 6.34. The van der Waals surface area contributed by atoms with Crippen molar-refractivity contribution in [3.8, 4) is 0 Å². The lowest BCUT2D eigenvalue weighted by Crippen LogP contribution is -2.23. The van der Waals surface area contributed by atoms with Crippen LogP contribution in [0.5, 0.6) is 0 Å². The van der Waals surface area contributed by atoms with E-state index in [9.17, 15) is 9.59 Å². The molecule has 0 unspecified atom stereocenters. The van der Waals surface area contributed by atoms with E-state index in [-0.39, 0.29) is 23.2 Å². The molecule has 0 atom stereocenters. The van der Waals surface area contributed by atoms with Gasteiger partial charge in [0.1, 0.15) is 5.69 Å². The number of halogens is 2. The lowest BCUT2D eigenvalue weighted by atomic mass is 10.0. The lowest BCUT2D eigenvalue weighted by Gasteiger charge is -2.08. The molecule has 0 bridgehead atoms. The summed E-state index contributed by atoms with van der Waals surface area (Å²) in [6.07, 6.45) is 2.10. The van der Waals surface area contributed by atoms with E-state index in [4.69, 9.17) is 28.9 Å². The number of carbonyl (C=O) groups is 2. The van der Waals surface area contributed by atoms with Crippen LogP contribution < -0.4 is 11.1 Å². The van der Waals surface area contributed by atoms with Crippen molar-refractivity contribution < 1.29 is 9.59 Å². The van der Waals surface area contributed by atoms with Crippen LogP contribution in [-0.2, 0) is 13.0 Å². The van der Waals surface area contributed by atoms with Crippen LogP contribution in [0.4, 0.5) is 0 Å². The first-order chi connectivity index (χ1) is 16.9. The van der Waals surface area contributed by atoms with E-state index in [1.165, 1.54) is 0 Å². The van der Waals surface area contributed by atoms with E-state index < -0.39 is 5.91 Å². The Morgan fingerprint density at radius 1 is 1.00 bits per heavy atom. The second-order valence-corrected chi connectivity index (χ2v) is 8.81. The third-order valence-electron chi connectivity index (χ3n) is 5.55. The van der Waals surface area contributed by atoms with Crippen LogP contribution in [-0.4, -0.2) is 32.0 Å². The highest BCUT2D eigenvalue weighted by atomic mass is 35.5. The molecule has 0 saturated heterocycles. The molecule has 5 aromatic rings. The third-order valence-corrected chi connectivity index (χ3v) is 6.07. The number of nitrogens with zero attached hydrogens (tertiary/aromatic N) is 3. The maximum absolute atomic E-state index is 12.8. The summed E-state index contributed by atoms with van der Waals surface area (Å²) >= 11 is 12.2. The van der Waals surface area contributed by atoms with Crippen LogP contribution in [0.15, 0.2) is 60.8 Å². The van der Waals surface area contributed by atoms with E-state index in [2.05, 4.69) is 25.5 Å². The zero-order valence-electron chi connectivity index (χ0n) is 18.2. The first-order valence-electron chi connectivity index (χ1n) is 10.6. The number of pyridine rings is 2. The van der Waals surface area contributed by atoms with Crippen molar-refractivity contribution in [2.75, 3.05) is 0 Å². The van der Waals surface area contributed by atoms with E-state index in [1.54, 1.807) is 36.5 Å². The van der Waals surface area contributed by atoms with Gasteiger partial charge in [0.25, 0.3) is 11.8 Å². The second kappa shape index (κ2) is 9.32. The van der Waals surface area contributed by atoms with Gasteiger partial charge >= 0.3 is 0 Å². The van der Waals surface area contributed by atoms with Crippen LogP contribution in [0.3, 0.4) is 0 Å². The fourth-order valence-corrected chi connectivity index (χ4v) is 4.27. The average Bonchev–Trinajstić information content (AvgIpc) is 3.24. The molecule has 0 saturated carbocycles. The van der Waals surface area contributed by atoms with Crippen LogP contribution in [0.2, 0.25) is 10.0 Å². The molecule has 8 nitrogen and oxygen atoms in total. The Morgan fingerprint density at radius 3 is 2.66 bits per heavy atom. The van der Waals surface area contributed by atoms with Crippen molar-refractivity contribution in [1.82, 2.24) is 25.5 Å². The normalized spacial score (nSPS) is 11.1. The molecule has 2 amide bonds. The predicted molar refractivity (Wildman–Crippen MR) is 135 cm³/mol. The van der Waals surface area contributed by atoms with Gasteiger partial charge in [-0.25, -0.2) is 4.98 Å². The fourth-order valence-electron chi connectivity index (χ4n) is 3.85. The third kappa shape index (κ3) is 4.80. The monoisotopic (exact) mass is 504 g/mol. The van der Waals surface area contributed by atoms with Gasteiger partial charge in [-0.2, -0.15) is 5.10 Å². The highest BCUT2D eigenvalue weighted by Gasteiger charge is 2.13. The quantitative estimate of drug-likeness (QED) is 0.315. The second-order valence-electron chi connectivity index (χ2n) is 7.97. The number of aromatic nitrogens is 4. The van der Waals surface area contributed by atoms with Crippen LogP contribution >= 0.6 is 23.2 Å². The number of fused-ring (bicyclic) bond motifs is 2. The maximum Gasteiger partial charge on any atom is 0.268 e. The zero-order valence-corrected chi connectivity index (χ0v) is 19.7. The SMILES string of the molecule is NC(=O)c1nc2ccc(Cc3cc(C(=O)NCc4[nH]nc5ccc(Cl)cc45)ccn3)cc2cc1Cl. The Bertz CT molecular complexity index is 1620. The van der Waals surface area contributed by atoms with Crippen LogP contribution in [0, 0.1) is 0 Å². The molecule has 0 aliphatic carbocycles. The first-order valence-corrected chi connectivity index (χ1v) is 11.4. The highest BCUT2D eigenvalue weighted by Crippen LogP contribution is 2.23. The molecule has 4 N–H and O–H groups in total. The topological polar surface area (TPSA) is 127 Å². The number of nitrogens with two attached hydrogens (primary N) is 1. The number of benzene rings is 2. The van der Waals surface area contributed by atoms with Crippen molar-refractivity contribution in [2.45, 2.75) is 13.0 Å². The Hall–Kier alpha value is -4.01. The van der Waals surface area contributed by atoms with Gasteiger partial charge in [-0.15, -0.1) is 0 Å². The van der Waals surface area contributed by atoms with Gasteiger partial charge in [0.15, 0.2) is 0 Å². The Morgan fingerprint density at radius 2 is 1.83 bits per heavy atom. The number of aromatic amines is 1. The zero-order chi connectivity index (χ0) is 24.5. The smallest absolute Gasteiger partial charge is 0.268 e. The minimum absolute atomic E-state index is 0.0403. The largest absolute Gasteiger partial charge is 0.364 e. The van der Waals surface area contributed by atoms with Crippen molar-refractivity contribution in [3.63, 3.8) is 0 Å². The molecule has 0 fully saturated rings. The Kier molecular flexibility index (Phi) is 6.07. The fraction of sp³-hybridized carbons (Fsp3) is 0.0800. The maximum atomic E-state index is 12.8. The summed E-state index contributed by atoms with van der Waals surface area (Å²) in [5.74, 6) is -0.906. The molecular formula is C25H18Cl2N6O2. The van der Waals surface area contributed by atoms with Gasteiger partial charge in [-0.3, -0.25) is 19.7 Å². The summed E-state index contributed by atoms with van der Waals surface area (Å²) in [4.78, 5) is 32.9. The van der Waals surface area contributed by atoms with Crippen molar-refractivity contribution in [1.29, 1.82) is 0 Å². The van der Waals surface area contributed by atoms with Crippen molar-refractivity contribution in [3.05, 3.63) is 99.0 Å². The summed E-state index contributed by atoms with van der Waals surface area (Å²) in [6, 6.07) is 16.1. The van der Waals surface area contributed by atoms with Gasteiger partial charge in [0, 0.05) is 39.7 Å². The van der Waals surface area contributed by atoms with Gasteiger partial charge in [-0.1, -0.05) is 29.3 Å². The molecule has 10 heteroatoms. The van der Waals surface area contributed by atoms with E-state index >= 15 is 0 Å². The Balaban J connectivity index is 1.31. The lowest BCUT2D eigenvalue weighted by molar-refractivity contribution is 0.0949. The average molecular weight is 505 g/mol. The van der Waals surface area contributed by atoms with Gasteiger partial charge < -0.3 is 11.1 Å². The molecule has 2 aromatic carbocycles. The summed E-state index contributed by atoms with van der Waals surface area (Å²) in [5.41, 5.74) is 9.69. The number of hydrogen-bond acceptors (Lipinski definition) is 5. The van der Waals surface area contributed by atoms with Gasteiger partial charge in [0.05, 0.1) is 28.3 Å². The molecule has 174 valence electrons. The van der Waals surface area contributed by atoms with Crippen molar-refractivity contribution >= 4 is 56.8 Å². The number of H-pyrrole nitrogens is 1. The standard InChI is InChI=1S/C25H18Cl2N6O2/c26-16-2-4-21-18(11-16)22(33-32-21)12-30-25(35)14-5-6-29-17(9-14)8-13-1-3-20-15(7-13)10-19(27)23(31-20)24(28)34/h1-7,9-11H,8,12H2,(H2,28,34)(H,30,35)(H,32,33). The molecule has 0 radical (unpaired) electrons. The van der Waals surface area contributed by atoms with Gasteiger partial charge in [-0.05, 0) is 54.1 Å². The number of nitrogens with one attached hydrogen (secondary N) is 2. The number of primary amides is 1. The molecule has 5 rings (SSSR count). The van der Waals surface area contributed by atoms with Crippen LogP contribution in [0.25, 0.3) is 21.8 Å². The molecular weight excluding hydrogens is 487 g/mol. The minimum Gasteiger partial charge on any atom is -0.364 e. The summed E-state index contributed by atoms with van der Waals surface area (Å²) in [5, 5.41) is 12.5. The number of carbonyl (C=O) groups excluding carboxylic acids is 2. The van der Waals surface area contributed by atoms with Crippen LogP contribution in [0.1, 0.15) is 37.8 Å². The Labute approximate surface area is 209 Å². The number of hydrogen-bond donors (Lipinski definition) is 3. The first kappa shape index (κ1) is 22.8.